The molecule has 0 bridgehead atoms. The number of hydrogen-bond donors (Lipinski definition) is 0. The van der Waals surface area contributed by atoms with Gasteiger partial charge in [0.15, 0.2) is 11.5 Å². The van der Waals surface area contributed by atoms with Crippen molar-refractivity contribution >= 4 is 23.2 Å². The van der Waals surface area contributed by atoms with Gasteiger partial charge in [0.2, 0.25) is 11.8 Å². The molecule has 188 valence electrons. The number of hydrogen-bond acceptors (Lipinski definition) is 6. The first-order valence-corrected chi connectivity index (χ1v) is 12.4. The summed E-state index contributed by atoms with van der Waals surface area (Å²) in [5, 5.41) is 2.01. The molecule has 7 nitrogen and oxygen atoms in total. The third-order valence-electron chi connectivity index (χ3n) is 5.43. The lowest BCUT2D eigenvalue weighted by Crippen LogP contribution is -2.47. The smallest absolute Gasteiger partial charge is 0.242 e. The largest absolute Gasteiger partial charge is 0.493 e. The van der Waals surface area contributed by atoms with Crippen molar-refractivity contribution < 1.29 is 23.8 Å². The van der Waals surface area contributed by atoms with Crippen LogP contribution in [0.4, 0.5) is 0 Å². The summed E-state index contributed by atoms with van der Waals surface area (Å²) in [5.74, 6) is 1.23. The number of carbonyl (C=O) groups excluding carboxylic acids is 2. The van der Waals surface area contributed by atoms with Gasteiger partial charge in [0.05, 0.1) is 27.3 Å². The number of nitrogens with zero attached hydrogens (tertiary/aromatic N) is 2. The van der Waals surface area contributed by atoms with E-state index in [4.69, 9.17) is 14.2 Å². The van der Waals surface area contributed by atoms with E-state index in [9.17, 15) is 9.59 Å². The molecule has 1 heterocycles. The van der Waals surface area contributed by atoms with Gasteiger partial charge in [0.25, 0.3) is 0 Å². The van der Waals surface area contributed by atoms with Crippen LogP contribution >= 0.6 is 11.3 Å². The fourth-order valence-corrected chi connectivity index (χ4v) is 4.29. The maximum absolute atomic E-state index is 13.4. The number of carbonyl (C=O) groups is 2. The lowest BCUT2D eigenvalue weighted by Gasteiger charge is -2.31. The summed E-state index contributed by atoms with van der Waals surface area (Å²) >= 11 is 1.62. The van der Waals surface area contributed by atoms with Gasteiger partial charge in [0.1, 0.15) is 0 Å². The second-order valence-electron chi connectivity index (χ2n) is 9.16. The van der Waals surface area contributed by atoms with Crippen LogP contribution in [-0.2, 0) is 27.3 Å². The highest BCUT2D eigenvalue weighted by molar-refractivity contribution is 7.09. The Morgan fingerprint density at radius 1 is 0.971 bits per heavy atom. The molecule has 8 heteroatoms. The van der Waals surface area contributed by atoms with Gasteiger partial charge >= 0.3 is 0 Å². The average Bonchev–Trinajstić information content (AvgIpc) is 3.33. The molecule has 34 heavy (non-hydrogen) atoms. The minimum Gasteiger partial charge on any atom is -0.493 e. The summed E-state index contributed by atoms with van der Waals surface area (Å²) in [6, 6.07) is 9.80. The highest BCUT2D eigenvalue weighted by Crippen LogP contribution is 2.28. The van der Waals surface area contributed by atoms with E-state index in [-0.39, 0.29) is 18.4 Å². The van der Waals surface area contributed by atoms with Gasteiger partial charge in [-0.25, -0.2) is 0 Å². The molecular formula is C26H38N2O5S. The zero-order valence-corrected chi connectivity index (χ0v) is 22.1. The molecule has 0 aliphatic carbocycles. The number of methoxy groups -OCH3 is 3. The molecule has 0 saturated carbocycles. The Hall–Kier alpha value is -2.58. The molecule has 0 aliphatic rings. The quantitative estimate of drug-likeness (QED) is 0.393. The third kappa shape index (κ3) is 8.33. The summed E-state index contributed by atoms with van der Waals surface area (Å²) in [6.45, 7) is 7.76. The fraction of sp³-hybridized carbons (Fsp3) is 0.538. The van der Waals surface area contributed by atoms with Gasteiger partial charge in [-0.3, -0.25) is 9.59 Å². The predicted molar refractivity (Wildman–Crippen MR) is 136 cm³/mol. The van der Waals surface area contributed by atoms with Crippen LogP contribution in [0.3, 0.4) is 0 Å². The zero-order chi connectivity index (χ0) is 25.1. The summed E-state index contributed by atoms with van der Waals surface area (Å²) in [4.78, 5) is 31.1. The van der Waals surface area contributed by atoms with E-state index < -0.39 is 5.41 Å². The van der Waals surface area contributed by atoms with Gasteiger partial charge in [0, 0.05) is 37.1 Å². The Morgan fingerprint density at radius 3 is 2.29 bits per heavy atom. The molecule has 1 aromatic heterocycles. The summed E-state index contributed by atoms with van der Waals surface area (Å²) in [6.07, 6.45) is 1.34. The molecule has 0 radical (unpaired) electrons. The Labute approximate surface area is 207 Å². The fourth-order valence-electron chi connectivity index (χ4n) is 3.57. The van der Waals surface area contributed by atoms with E-state index in [1.54, 1.807) is 37.6 Å². The van der Waals surface area contributed by atoms with Crippen molar-refractivity contribution in [3.63, 3.8) is 0 Å². The van der Waals surface area contributed by atoms with Crippen molar-refractivity contribution in [2.45, 2.75) is 40.2 Å². The van der Waals surface area contributed by atoms with Crippen molar-refractivity contribution in [1.82, 2.24) is 9.80 Å². The van der Waals surface area contributed by atoms with E-state index in [2.05, 4.69) is 0 Å². The molecule has 2 aromatic rings. The number of ether oxygens (including phenoxy) is 3. The van der Waals surface area contributed by atoms with Crippen LogP contribution in [0.1, 0.15) is 37.6 Å². The first-order valence-electron chi connectivity index (χ1n) is 11.5. The predicted octanol–water partition coefficient (Wildman–Crippen LogP) is 4.25. The van der Waals surface area contributed by atoms with Crippen LogP contribution in [-0.4, -0.2) is 69.2 Å². The normalized spacial score (nSPS) is 11.2. The van der Waals surface area contributed by atoms with Gasteiger partial charge in [-0.1, -0.05) is 32.9 Å². The third-order valence-corrected chi connectivity index (χ3v) is 6.29. The lowest BCUT2D eigenvalue weighted by atomic mass is 9.94. The second kappa shape index (κ2) is 13.3. The second-order valence-corrected chi connectivity index (χ2v) is 10.2. The minimum atomic E-state index is -0.564. The highest BCUT2D eigenvalue weighted by atomic mass is 32.1. The van der Waals surface area contributed by atoms with Gasteiger partial charge < -0.3 is 24.0 Å². The molecule has 0 spiro atoms. The van der Waals surface area contributed by atoms with Crippen LogP contribution in [0.25, 0.3) is 0 Å². The van der Waals surface area contributed by atoms with Crippen molar-refractivity contribution in [2.24, 2.45) is 5.41 Å². The zero-order valence-electron chi connectivity index (χ0n) is 21.3. The van der Waals surface area contributed by atoms with Crippen LogP contribution in [0.2, 0.25) is 0 Å². The van der Waals surface area contributed by atoms with E-state index in [0.29, 0.717) is 50.6 Å². The Morgan fingerprint density at radius 2 is 1.71 bits per heavy atom. The molecule has 2 rings (SSSR count). The van der Waals surface area contributed by atoms with E-state index in [1.807, 2.05) is 61.4 Å². The Kier molecular flexibility index (Phi) is 10.9. The standard InChI is InChI=1S/C26H38N2O5S/c1-26(2,3)25(30)28(13-8-15-31-4)19-24(29)27(18-21-9-7-16-34-21)14-12-20-10-11-22(32-5)23(17-20)33-6/h7,9-11,16-17H,8,12-15,18-19H2,1-6H3. The summed E-state index contributed by atoms with van der Waals surface area (Å²) < 4.78 is 15.9. The van der Waals surface area contributed by atoms with Crippen LogP contribution in [0.15, 0.2) is 35.7 Å². The molecule has 0 N–H and O–H groups in total. The highest BCUT2D eigenvalue weighted by Gasteiger charge is 2.29. The molecule has 0 aliphatic heterocycles. The van der Waals surface area contributed by atoms with Crippen molar-refractivity contribution in [2.75, 3.05) is 47.6 Å². The topological polar surface area (TPSA) is 68.3 Å². The maximum atomic E-state index is 13.4. The van der Waals surface area contributed by atoms with Crippen LogP contribution in [0, 0.1) is 5.41 Å². The van der Waals surface area contributed by atoms with E-state index >= 15 is 0 Å². The molecule has 0 atom stereocenters. The molecule has 0 fully saturated rings. The first kappa shape index (κ1) is 27.7. The van der Waals surface area contributed by atoms with Crippen molar-refractivity contribution in [3.8, 4) is 11.5 Å². The first-order chi connectivity index (χ1) is 16.2. The van der Waals surface area contributed by atoms with Crippen molar-refractivity contribution in [3.05, 3.63) is 46.2 Å². The minimum absolute atomic E-state index is 0.0343. The monoisotopic (exact) mass is 490 g/mol. The summed E-state index contributed by atoms with van der Waals surface area (Å²) in [5.41, 5.74) is 0.482. The van der Waals surface area contributed by atoms with Crippen LogP contribution in [0.5, 0.6) is 11.5 Å². The molecule has 2 amide bonds. The Balaban J connectivity index is 2.17. The van der Waals surface area contributed by atoms with Gasteiger partial charge in [-0.2, -0.15) is 0 Å². The summed E-state index contributed by atoms with van der Waals surface area (Å²) in [7, 11) is 4.85. The number of thiophene rings is 1. The maximum Gasteiger partial charge on any atom is 0.242 e. The van der Waals surface area contributed by atoms with Gasteiger partial charge in [-0.15, -0.1) is 11.3 Å². The van der Waals surface area contributed by atoms with Gasteiger partial charge in [-0.05, 0) is 42.0 Å². The molecule has 0 unspecified atom stereocenters. The average molecular weight is 491 g/mol. The van der Waals surface area contributed by atoms with E-state index in [0.717, 1.165) is 10.4 Å². The SMILES string of the molecule is COCCCN(CC(=O)N(CCc1ccc(OC)c(OC)c1)Cc1cccs1)C(=O)C(C)(C)C. The number of benzene rings is 1. The van der Waals surface area contributed by atoms with Crippen LogP contribution < -0.4 is 9.47 Å². The molecule has 0 saturated heterocycles. The molecular weight excluding hydrogens is 452 g/mol. The Bertz CT molecular complexity index is 908. The molecule has 1 aromatic carbocycles. The lowest BCUT2D eigenvalue weighted by molar-refractivity contribution is -0.146. The van der Waals surface area contributed by atoms with E-state index in [1.165, 1.54) is 0 Å². The number of amides is 2. The number of rotatable bonds is 13. The van der Waals surface area contributed by atoms with Crippen molar-refractivity contribution in [1.29, 1.82) is 0 Å².